The van der Waals surface area contributed by atoms with E-state index in [0.29, 0.717) is 19.6 Å². The van der Waals surface area contributed by atoms with Gasteiger partial charge in [-0.1, -0.05) is 0 Å². The molecule has 0 bridgehead atoms. The lowest BCUT2D eigenvalue weighted by molar-refractivity contribution is -0.136. The van der Waals surface area contributed by atoms with Crippen LogP contribution in [-0.2, 0) is 24.2 Å². The maximum atomic E-state index is 11.9. The van der Waals surface area contributed by atoms with Crippen molar-refractivity contribution in [3.8, 4) is 6.07 Å². The first-order valence-electron chi connectivity index (χ1n) is 7.36. The summed E-state index contributed by atoms with van der Waals surface area (Å²) in [5, 5.41) is 20.0. The molecule has 1 heterocycles. The molecule has 9 nitrogen and oxygen atoms in total. The van der Waals surface area contributed by atoms with E-state index in [9.17, 15) is 18.0 Å². The van der Waals surface area contributed by atoms with Crippen LogP contribution >= 0.6 is 0 Å². The number of amides is 1. The van der Waals surface area contributed by atoms with Crippen molar-refractivity contribution < 1.29 is 27.9 Å². The van der Waals surface area contributed by atoms with Crippen LogP contribution in [0.15, 0.2) is 11.8 Å². The predicted molar refractivity (Wildman–Crippen MR) is 84.6 cm³/mol. The summed E-state index contributed by atoms with van der Waals surface area (Å²) in [6.07, 6.45) is 1.49. The highest BCUT2D eigenvalue weighted by Crippen LogP contribution is 2.18. The standard InChI is InChI=1S/C14H21N3O6S/c1-23-6-5-17(12-3-7-24(21,22)10-12)9-11(8-15)14(20)16-4-2-13(18)19/h9,12H,2-7,10H2,1H3,(H,16,20)(H,18,19)/b11-9-. The second-order valence-electron chi connectivity index (χ2n) is 5.34. The summed E-state index contributed by atoms with van der Waals surface area (Å²) >= 11 is 0. The molecule has 0 spiro atoms. The molecule has 0 aliphatic carbocycles. The van der Waals surface area contributed by atoms with E-state index in [1.165, 1.54) is 13.3 Å². The maximum Gasteiger partial charge on any atom is 0.305 e. The molecule has 0 radical (unpaired) electrons. The van der Waals surface area contributed by atoms with Crippen molar-refractivity contribution in [2.75, 3.05) is 38.3 Å². The third-order valence-electron chi connectivity index (χ3n) is 3.52. The molecule has 1 saturated heterocycles. The normalized spacial score (nSPS) is 19.5. The number of nitrogens with one attached hydrogen (secondary N) is 1. The van der Waals surface area contributed by atoms with Gasteiger partial charge in [0.2, 0.25) is 0 Å². The summed E-state index contributed by atoms with van der Waals surface area (Å²) in [4.78, 5) is 24.0. The Bertz CT molecular complexity index is 637. The first-order valence-corrected chi connectivity index (χ1v) is 9.18. The molecule has 1 aliphatic heterocycles. The molecule has 0 aromatic carbocycles. The number of hydrogen-bond acceptors (Lipinski definition) is 7. The number of aliphatic carboxylic acids is 1. The number of nitriles is 1. The molecule has 2 N–H and O–H groups in total. The van der Waals surface area contributed by atoms with Gasteiger partial charge in [-0.2, -0.15) is 5.26 Å². The number of hydrogen-bond donors (Lipinski definition) is 2. The molecule has 10 heteroatoms. The van der Waals surface area contributed by atoms with Crippen LogP contribution in [-0.4, -0.2) is 74.7 Å². The lowest BCUT2D eigenvalue weighted by atomic mass is 10.2. The van der Waals surface area contributed by atoms with Gasteiger partial charge < -0.3 is 20.1 Å². The summed E-state index contributed by atoms with van der Waals surface area (Å²) in [6, 6.07) is 1.44. The fraction of sp³-hybridized carbons (Fsp3) is 0.643. The molecule has 1 rings (SSSR count). The Hall–Kier alpha value is -2.12. The van der Waals surface area contributed by atoms with E-state index in [2.05, 4.69) is 5.32 Å². The Balaban J connectivity index is 2.83. The monoisotopic (exact) mass is 359 g/mol. The average molecular weight is 359 g/mol. The second kappa shape index (κ2) is 9.24. The number of carboxylic acid groups (broad SMARTS) is 1. The van der Waals surface area contributed by atoms with Crippen LogP contribution in [0.4, 0.5) is 0 Å². The van der Waals surface area contributed by atoms with Crippen molar-refractivity contribution in [1.29, 1.82) is 5.26 Å². The number of rotatable bonds is 9. The zero-order chi connectivity index (χ0) is 18.2. The molecule has 0 saturated carbocycles. The molecule has 0 aromatic rings. The molecular weight excluding hydrogens is 338 g/mol. The van der Waals surface area contributed by atoms with Crippen LogP contribution in [0.25, 0.3) is 0 Å². The first kappa shape index (κ1) is 19.9. The number of sulfone groups is 1. The Kier molecular flexibility index (Phi) is 7.67. The van der Waals surface area contributed by atoms with Crippen LogP contribution in [0, 0.1) is 11.3 Å². The quantitative estimate of drug-likeness (QED) is 0.400. The SMILES string of the molecule is COCCN(/C=C(/C#N)C(=O)NCCC(=O)O)C1CCS(=O)(=O)C1. The summed E-state index contributed by atoms with van der Waals surface area (Å²) in [6.45, 7) is 0.555. The molecule has 134 valence electrons. The van der Waals surface area contributed by atoms with E-state index in [4.69, 9.17) is 15.1 Å². The van der Waals surface area contributed by atoms with Crippen LogP contribution in [0.1, 0.15) is 12.8 Å². The van der Waals surface area contributed by atoms with Crippen molar-refractivity contribution in [2.24, 2.45) is 0 Å². The van der Waals surface area contributed by atoms with Crippen molar-refractivity contribution in [2.45, 2.75) is 18.9 Å². The predicted octanol–water partition coefficient (Wildman–Crippen LogP) is -0.880. The van der Waals surface area contributed by atoms with Gasteiger partial charge in [0, 0.05) is 32.4 Å². The number of methoxy groups -OCH3 is 1. The van der Waals surface area contributed by atoms with Gasteiger partial charge in [0.05, 0.1) is 24.5 Å². The number of carbonyl (C=O) groups is 2. The minimum absolute atomic E-state index is 0.0352. The van der Waals surface area contributed by atoms with Crippen LogP contribution < -0.4 is 5.32 Å². The van der Waals surface area contributed by atoms with E-state index >= 15 is 0 Å². The van der Waals surface area contributed by atoms with Gasteiger partial charge in [0.15, 0.2) is 9.84 Å². The van der Waals surface area contributed by atoms with Gasteiger partial charge in [0.25, 0.3) is 5.91 Å². The Morgan fingerprint density at radius 3 is 2.71 bits per heavy atom. The van der Waals surface area contributed by atoms with Gasteiger partial charge in [-0.05, 0) is 6.42 Å². The highest BCUT2D eigenvalue weighted by atomic mass is 32.2. The zero-order valence-corrected chi connectivity index (χ0v) is 14.2. The minimum Gasteiger partial charge on any atom is -0.481 e. The van der Waals surface area contributed by atoms with Gasteiger partial charge in [0.1, 0.15) is 11.6 Å². The van der Waals surface area contributed by atoms with Gasteiger partial charge in [-0.15, -0.1) is 0 Å². The Labute approximate surface area is 140 Å². The number of ether oxygens (including phenoxy) is 1. The topological polar surface area (TPSA) is 137 Å². The van der Waals surface area contributed by atoms with Crippen LogP contribution in [0.5, 0.6) is 0 Å². The van der Waals surface area contributed by atoms with Crippen molar-refractivity contribution >= 4 is 21.7 Å². The average Bonchev–Trinajstić information content (AvgIpc) is 2.87. The smallest absolute Gasteiger partial charge is 0.305 e. The van der Waals surface area contributed by atoms with E-state index in [1.54, 1.807) is 11.0 Å². The number of nitrogens with zero attached hydrogens (tertiary/aromatic N) is 2. The van der Waals surface area contributed by atoms with Crippen LogP contribution in [0.2, 0.25) is 0 Å². The molecule has 1 unspecified atom stereocenters. The van der Waals surface area contributed by atoms with E-state index in [0.717, 1.165) is 0 Å². The van der Waals surface area contributed by atoms with Gasteiger partial charge >= 0.3 is 5.97 Å². The second-order valence-corrected chi connectivity index (χ2v) is 7.57. The summed E-state index contributed by atoms with van der Waals surface area (Å²) in [5.74, 6) is -1.72. The molecular formula is C14H21N3O6S. The highest BCUT2D eigenvalue weighted by molar-refractivity contribution is 7.91. The largest absolute Gasteiger partial charge is 0.481 e. The fourth-order valence-electron chi connectivity index (χ4n) is 2.27. The molecule has 1 fully saturated rings. The number of carbonyl (C=O) groups excluding carboxylic acids is 1. The van der Waals surface area contributed by atoms with Crippen molar-refractivity contribution in [3.63, 3.8) is 0 Å². The van der Waals surface area contributed by atoms with E-state index < -0.39 is 21.7 Å². The van der Waals surface area contributed by atoms with E-state index in [1.807, 2.05) is 0 Å². The Morgan fingerprint density at radius 1 is 1.50 bits per heavy atom. The van der Waals surface area contributed by atoms with Crippen molar-refractivity contribution in [1.82, 2.24) is 10.2 Å². The molecule has 1 amide bonds. The lowest BCUT2D eigenvalue weighted by Gasteiger charge is -2.26. The molecule has 1 aliphatic rings. The van der Waals surface area contributed by atoms with Gasteiger partial charge in [-0.25, -0.2) is 8.42 Å². The zero-order valence-electron chi connectivity index (χ0n) is 13.4. The van der Waals surface area contributed by atoms with E-state index in [-0.39, 0.29) is 36.1 Å². The minimum atomic E-state index is -3.11. The number of carboxylic acids is 1. The third-order valence-corrected chi connectivity index (χ3v) is 5.27. The molecule has 0 aromatic heterocycles. The molecule has 24 heavy (non-hydrogen) atoms. The fourth-order valence-corrected chi connectivity index (χ4v) is 4.01. The lowest BCUT2D eigenvalue weighted by Crippen LogP contribution is -2.36. The van der Waals surface area contributed by atoms with Gasteiger partial charge in [-0.3, -0.25) is 9.59 Å². The maximum absolute atomic E-state index is 11.9. The third kappa shape index (κ3) is 6.55. The van der Waals surface area contributed by atoms with Crippen molar-refractivity contribution in [3.05, 3.63) is 11.8 Å². The summed E-state index contributed by atoms with van der Waals surface area (Å²) in [7, 11) is -1.62. The first-order chi connectivity index (χ1) is 11.3. The summed E-state index contributed by atoms with van der Waals surface area (Å²) < 4.78 is 28.3. The Morgan fingerprint density at radius 2 is 2.21 bits per heavy atom. The summed E-state index contributed by atoms with van der Waals surface area (Å²) in [5.41, 5.74) is -0.208. The van der Waals surface area contributed by atoms with Crippen LogP contribution in [0.3, 0.4) is 0 Å². The highest BCUT2D eigenvalue weighted by Gasteiger charge is 2.31. The molecule has 1 atom stereocenters.